The predicted molar refractivity (Wildman–Crippen MR) is 68.0 cm³/mol. The van der Waals surface area contributed by atoms with Crippen molar-refractivity contribution in [2.45, 2.75) is 51.5 Å². The fraction of sp³-hybridized carbons (Fsp3) is 0.714. The number of nitrogens with zero attached hydrogens (tertiary/aromatic N) is 2. The molecule has 0 aromatic carbocycles. The Labute approximate surface area is 124 Å². The van der Waals surface area contributed by atoms with E-state index in [4.69, 9.17) is 4.74 Å². The number of esters is 1. The fourth-order valence-electron chi connectivity index (χ4n) is 3.79. The lowest BCUT2D eigenvalue weighted by Crippen LogP contribution is -2.65. The van der Waals surface area contributed by atoms with Crippen LogP contribution in [0.2, 0.25) is 0 Å². The number of halogens is 4. The maximum atomic E-state index is 13.6. The van der Waals surface area contributed by atoms with Gasteiger partial charge in [-0.2, -0.15) is 18.3 Å². The van der Waals surface area contributed by atoms with E-state index >= 15 is 0 Å². The smallest absolute Gasteiger partial charge is 0.420 e. The summed E-state index contributed by atoms with van der Waals surface area (Å²) in [5.74, 6) is -1.04. The van der Waals surface area contributed by atoms with Crippen LogP contribution in [0.25, 0.3) is 0 Å². The second-order valence-electron chi connectivity index (χ2n) is 6.37. The first-order chi connectivity index (χ1) is 10.1. The van der Waals surface area contributed by atoms with Gasteiger partial charge in [-0.05, 0) is 38.5 Å². The van der Waals surface area contributed by atoms with Crippen LogP contribution in [-0.4, -0.2) is 28.0 Å². The molecule has 1 aromatic rings. The van der Waals surface area contributed by atoms with Crippen molar-refractivity contribution in [1.82, 2.24) is 9.78 Å². The molecular weight excluding hydrogens is 304 g/mol. The van der Waals surface area contributed by atoms with Gasteiger partial charge in [0.05, 0.1) is 12.3 Å². The first kappa shape index (κ1) is 15.3. The number of carbonyl (C=O) groups is 1. The highest BCUT2D eigenvalue weighted by Gasteiger charge is 2.69. The van der Waals surface area contributed by atoms with Crippen molar-refractivity contribution >= 4 is 5.97 Å². The molecule has 3 aliphatic rings. The molecule has 0 saturated heterocycles. The molecule has 1 heterocycles. The quantitative estimate of drug-likeness (QED) is 0.632. The summed E-state index contributed by atoms with van der Waals surface area (Å²) in [6.45, 7) is 2.82. The average molecular weight is 320 g/mol. The first-order valence-electron chi connectivity index (χ1n) is 7.10. The predicted octanol–water partition coefficient (Wildman–Crippen LogP) is 3.28. The number of carbonyl (C=O) groups excluding carboxylic acids is 1. The van der Waals surface area contributed by atoms with E-state index in [9.17, 15) is 22.4 Å². The van der Waals surface area contributed by atoms with Crippen LogP contribution in [0, 0.1) is 12.3 Å². The van der Waals surface area contributed by atoms with Crippen molar-refractivity contribution in [3.63, 3.8) is 0 Å². The Morgan fingerprint density at radius 3 is 2.41 bits per heavy atom. The van der Waals surface area contributed by atoms with Gasteiger partial charge in [0, 0.05) is 6.54 Å². The van der Waals surface area contributed by atoms with E-state index in [1.54, 1.807) is 0 Å². The molecular formula is C14H16F4N2O2. The Hall–Kier alpha value is -1.60. The number of ether oxygens (including phenoxy) is 1. The Morgan fingerprint density at radius 2 is 1.95 bits per heavy atom. The van der Waals surface area contributed by atoms with Crippen molar-refractivity contribution in [3.8, 4) is 0 Å². The second-order valence-corrected chi connectivity index (χ2v) is 6.37. The third-order valence-corrected chi connectivity index (χ3v) is 4.44. The minimum absolute atomic E-state index is 0.0287. The number of hydrogen-bond acceptors (Lipinski definition) is 3. The number of hydrogen-bond donors (Lipinski definition) is 0. The van der Waals surface area contributed by atoms with Gasteiger partial charge in [-0.3, -0.25) is 4.68 Å². The number of aryl methyl sites for hydroxylation is 1. The largest absolute Gasteiger partial charge is 0.461 e. The molecule has 2 bridgehead atoms. The third kappa shape index (κ3) is 2.19. The topological polar surface area (TPSA) is 44.1 Å². The molecule has 3 aliphatic carbocycles. The van der Waals surface area contributed by atoms with Gasteiger partial charge in [-0.15, -0.1) is 0 Å². The van der Waals surface area contributed by atoms with E-state index in [0.29, 0.717) is 19.3 Å². The summed E-state index contributed by atoms with van der Waals surface area (Å²) in [7, 11) is 0. The number of rotatable bonds is 4. The highest BCUT2D eigenvalue weighted by Crippen LogP contribution is 2.70. The summed E-state index contributed by atoms with van der Waals surface area (Å²) >= 11 is 0. The maximum Gasteiger partial charge on any atom is 0.420 e. The van der Waals surface area contributed by atoms with Gasteiger partial charge in [-0.1, -0.05) is 0 Å². The summed E-state index contributed by atoms with van der Waals surface area (Å²) in [5, 5.41) is 3.87. The third-order valence-electron chi connectivity index (χ3n) is 4.44. The van der Waals surface area contributed by atoms with Crippen LogP contribution in [0.3, 0.4) is 0 Å². The summed E-state index contributed by atoms with van der Waals surface area (Å²) < 4.78 is 59.0. The molecule has 4 rings (SSSR count). The first-order valence-corrected chi connectivity index (χ1v) is 7.10. The molecule has 0 atom stereocenters. The Bertz CT molecular complexity index is 616. The number of alkyl halides is 4. The van der Waals surface area contributed by atoms with Crippen LogP contribution in [0.1, 0.15) is 47.9 Å². The highest BCUT2D eigenvalue weighted by atomic mass is 19.4. The zero-order valence-electron chi connectivity index (χ0n) is 12.3. The molecule has 122 valence electrons. The van der Waals surface area contributed by atoms with E-state index in [1.807, 2.05) is 0 Å². The van der Waals surface area contributed by atoms with E-state index in [-0.39, 0.29) is 24.3 Å². The van der Waals surface area contributed by atoms with E-state index < -0.39 is 29.1 Å². The van der Waals surface area contributed by atoms with Crippen LogP contribution >= 0.6 is 0 Å². The van der Waals surface area contributed by atoms with Crippen LogP contribution in [0.15, 0.2) is 0 Å². The lowest BCUT2D eigenvalue weighted by Gasteiger charge is -2.65. The molecule has 3 saturated carbocycles. The normalized spacial score (nSPS) is 29.7. The summed E-state index contributed by atoms with van der Waals surface area (Å²) in [6, 6.07) is 0. The van der Waals surface area contributed by atoms with E-state index in [1.165, 1.54) is 13.8 Å². The monoisotopic (exact) mass is 320 g/mol. The molecule has 0 radical (unpaired) electrons. The van der Waals surface area contributed by atoms with Gasteiger partial charge in [0.1, 0.15) is 11.2 Å². The molecule has 3 fully saturated rings. The van der Waals surface area contributed by atoms with E-state index in [2.05, 4.69) is 5.10 Å². The zero-order chi connectivity index (χ0) is 16.3. The van der Waals surface area contributed by atoms with Crippen molar-refractivity contribution < 1.29 is 27.1 Å². The lowest BCUT2D eigenvalue weighted by molar-refractivity contribution is -0.221. The molecule has 0 unspecified atom stereocenters. The Morgan fingerprint density at radius 1 is 1.36 bits per heavy atom. The number of aromatic nitrogens is 2. The Kier molecular flexibility index (Phi) is 3.10. The molecule has 22 heavy (non-hydrogen) atoms. The van der Waals surface area contributed by atoms with Crippen LogP contribution in [0.4, 0.5) is 17.6 Å². The van der Waals surface area contributed by atoms with E-state index in [0.717, 1.165) is 4.68 Å². The maximum absolute atomic E-state index is 13.6. The summed E-state index contributed by atoms with van der Waals surface area (Å²) in [6.07, 6.45) is -3.72. The van der Waals surface area contributed by atoms with Gasteiger partial charge in [0.25, 0.3) is 0 Å². The van der Waals surface area contributed by atoms with Crippen LogP contribution < -0.4 is 0 Å². The second kappa shape index (κ2) is 4.45. The lowest BCUT2D eigenvalue weighted by atomic mass is 9.42. The zero-order valence-corrected chi connectivity index (χ0v) is 12.3. The molecule has 4 nitrogen and oxygen atoms in total. The van der Waals surface area contributed by atoms with Crippen molar-refractivity contribution in [2.75, 3.05) is 6.61 Å². The molecule has 0 amide bonds. The van der Waals surface area contributed by atoms with Crippen LogP contribution in [0.5, 0.6) is 0 Å². The van der Waals surface area contributed by atoms with Gasteiger partial charge in [0.15, 0.2) is 5.69 Å². The SMILES string of the molecule is CCOC(=O)c1c(C(F)(F)F)c(C)nn1CC12CC(F)(C1)C2. The van der Waals surface area contributed by atoms with Gasteiger partial charge in [-0.25, -0.2) is 9.18 Å². The molecule has 0 aliphatic heterocycles. The van der Waals surface area contributed by atoms with Crippen molar-refractivity contribution in [1.29, 1.82) is 0 Å². The molecule has 8 heteroatoms. The standard InChI is InChI=1S/C14H16F4N2O2/c1-3-22-11(21)10-9(14(16,17)18)8(2)19-20(10)7-12-4-13(15,5-12)6-12/h3-7H2,1-2H3. The van der Waals surface area contributed by atoms with Crippen molar-refractivity contribution in [3.05, 3.63) is 17.0 Å². The Balaban J connectivity index is 1.97. The molecule has 0 spiro atoms. The fourth-order valence-corrected chi connectivity index (χ4v) is 3.79. The van der Waals surface area contributed by atoms with Gasteiger partial charge in [0.2, 0.25) is 0 Å². The summed E-state index contributed by atoms with van der Waals surface area (Å²) in [5.41, 5.74) is -3.43. The summed E-state index contributed by atoms with van der Waals surface area (Å²) in [4.78, 5) is 12.0. The highest BCUT2D eigenvalue weighted by molar-refractivity contribution is 5.89. The molecule has 1 aromatic heterocycles. The average Bonchev–Trinajstić information content (AvgIpc) is 2.62. The van der Waals surface area contributed by atoms with Crippen LogP contribution in [-0.2, 0) is 17.5 Å². The van der Waals surface area contributed by atoms with Gasteiger partial charge < -0.3 is 4.74 Å². The minimum atomic E-state index is -4.69. The minimum Gasteiger partial charge on any atom is -0.461 e. The molecule has 0 N–H and O–H groups in total. The van der Waals surface area contributed by atoms with Crippen molar-refractivity contribution in [2.24, 2.45) is 5.41 Å². The van der Waals surface area contributed by atoms with Gasteiger partial charge >= 0.3 is 12.1 Å².